The summed E-state index contributed by atoms with van der Waals surface area (Å²) in [5.41, 5.74) is 1.26. The van der Waals surface area contributed by atoms with Gasteiger partial charge in [0.05, 0.1) is 0 Å². The zero-order chi connectivity index (χ0) is 15.6. The van der Waals surface area contributed by atoms with Crippen LogP contribution < -0.4 is 5.43 Å². The fourth-order valence-electron chi connectivity index (χ4n) is 2.14. The summed E-state index contributed by atoms with van der Waals surface area (Å²) in [5.74, 6) is -1.96. The number of piperidine rings is 1. The minimum Gasteiger partial charge on any atom is -0.441 e. The van der Waals surface area contributed by atoms with Crippen LogP contribution in [0.1, 0.15) is 40.0 Å². The SMILES string of the molecule is CC(C)(C)OC(=O)N[N+]1(C(=O)C(F)(F)F)CCCCC1. The summed E-state index contributed by atoms with van der Waals surface area (Å²) in [6.45, 7) is 4.64. The van der Waals surface area contributed by atoms with Crippen molar-refractivity contribution < 1.29 is 32.1 Å². The second kappa shape index (κ2) is 5.59. The first-order valence-corrected chi connectivity index (χ1v) is 6.46. The Hall–Kier alpha value is -1.31. The first-order chi connectivity index (χ1) is 8.96. The fourth-order valence-corrected chi connectivity index (χ4v) is 2.14. The molecule has 0 aliphatic carbocycles. The summed E-state index contributed by atoms with van der Waals surface area (Å²) in [6.07, 6.45) is -4.39. The van der Waals surface area contributed by atoms with Crippen LogP contribution in [0.25, 0.3) is 0 Å². The summed E-state index contributed by atoms with van der Waals surface area (Å²) in [7, 11) is 0. The van der Waals surface area contributed by atoms with Gasteiger partial charge in [-0.15, -0.1) is 4.59 Å². The van der Waals surface area contributed by atoms with E-state index in [1.165, 1.54) is 0 Å². The standard InChI is InChI=1S/C12H19F3N2O3/c1-11(2,3)20-10(19)16-17(7-5-4-6-8-17)9(18)12(13,14)15/h4-8H2,1-3H3/p+1. The highest BCUT2D eigenvalue weighted by Gasteiger charge is 2.56. The number of quaternary nitrogens is 1. The van der Waals surface area contributed by atoms with Crippen molar-refractivity contribution in [2.75, 3.05) is 13.1 Å². The van der Waals surface area contributed by atoms with Crippen molar-refractivity contribution >= 4 is 12.0 Å². The molecule has 1 saturated heterocycles. The molecule has 116 valence electrons. The van der Waals surface area contributed by atoms with Gasteiger partial charge in [-0.3, -0.25) is 0 Å². The van der Waals surface area contributed by atoms with E-state index < -0.39 is 28.4 Å². The molecule has 0 aromatic rings. The Kier molecular flexibility index (Phi) is 4.68. The highest BCUT2D eigenvalue weighted by Crippen LogP contribution is 2.26. The van der Waals surface area contributed by atoms with Crippen molar-refractivity contribution in [1.82, 2.24) is 5.43 Å². The normalized spacial score (nSPS) is 19.3. The van der Waals surface area contributed by atoms with E-state index in [9.17, 15) is 22.8 Å². The van der Waals surface area contributed by atoms with Gasteiger partial charge >= 0.3 is 18.2 Å². The van der Waals surface area contributed by atoms with Crippen LogP contribution >= 0.6 is 0 Å². The number of hydrogen-bond acceptors (Lipinski definition) is 3. The lowest BCUT2D eigenvalue weighted by atomic mass is 10.1. The average molecular weight is 297 g/mol. The highest BCUT2D eigenvalue weighted by molar-refractivity contribution is 5.77. The Morgan fingerprint density at radius 3 is 1.95 bits per heavy atom. The molecule has 0 saturated carbocycles. The van der Waals surface area contributed by atoms with Gasteiger partial charge in [-0.1, -0.05) is 0 Å². The molecule has 1 rings (SSSR count). The molecule has 1 fully saturated rings. The maximum absolute atomic E-state index is 12.7. The smallest absolute Gasteiger partial charge is 0.441 e. The van der Waals surface area contributed by atoms with Crippen LogP contribution in [0.2, 0.25) is 0 Å². The first kappa shape index (κ1) is 16.7. The van der Waals surface area contributed by atoms with Gasteiger partial charge in [0.1, 0.15) is 18.7 Å². The Morgan fingerprint density at radius 2 is 1.55 bits per heavy atom. The van der Waals surface area contributed by atoms with Gasteiger partial charge in [0.2, 0.25) is 0 Å². The van der Waals surface area contributed by atoms with Crippen LogP contribution in [0.3, 0.4) is 0 Å². The van der Waals surface area contributed by atoms with Gasteiger partial charge < -0.3 is 4.74 Å². The Bertz CT molecular complexity index is 382. The van der Waals surface area contributed by atoms with E-state index in [1.54, 1.807) is 20.8 Å². The molecule has 1 heterocycles. The van der Waals surface area contributed by atoms with E-state index in [4.69, 9.17) is 4.74 Å². The number of amides is 2. The van der Waals surface area contributed by atoms with Crippen LogP contribution in [0.15, 0.2) is 0 Å². The van der Waals surface area contributed by atoms with E-state index in [0.29, 0.717) is 12.8 Å². The molecule has 20 heavy (non-hydrogen) atoms. The number of halogens is 3. The average Bonchev–Trinajstić information content (AvgIpc) is 2.25. The maximum Gasteiger partial charge on any atom is 0.512 e. The predicted octanol–water partition coefficient (Wildman–Crippen LogP) is 2.52. The number of carbonyl (C=O) groups excluding carboxylic acids is 2. The molecule has 1 N–H and O–H groups in total. The van der Waals surface area contributed by atoms with Gasteiger partial charge in [0.25, 0.3) is 0 Å². The van der Waals surface area contributed by atoms with Crippen molar-refractivity contribution in [2.45, 2.75) is 51.8 Å². The van der Waals surface area contributed by atoms with Crippen molar-refractivity contribution in [3.8, 4) is 0 Å². The van der Waals surface area contributed by atoms with Crippen molar-refractivity contribution in [3.63, 3.8) is 0 Å². The fraction of sp³-hybridized carbons (Fsp3) is 0.833. The van der Waals surface area contributed by atoms with Crippen molar-refractivity contribution in [2.24, 2.45) is 0 Å². The molecular weight excluding hydrogens is 277 g/mol. The number of carbonyl (C=O) groups is 2. The third-order valence-corrected chi connectivity index (χ3v) is 2.92. The van der Waals surface area contributed by atoms with E-state index in [1.807, 2.05) is 0 Å². The molecule has 0 radical (unpaired) electrons. The molecule has 0 aromatic heterocycles. The Morgan fingerprint density at radius 1 is 1.05 bits per heavy atom. The molecule has 0 spiro atoms. The summed E-state index contributed by atoms with van der Waals surface area (Å²) in [6, 6.07) is 0. The van der Waals surface area contributed by atoms with E-state index >= 15 is 0 Å². The highest BCUT2D eigenvalue weighted by atomic mass is 19.4. The second-order valence-electron chi connectivity index (χ2n) is 5.89. The maximum atomic E-state index is 12.7. The topological polar surface area (TPSA) is 55.4 Å². The summed E-state index contributed by atoms with van der Waals surface area (Å²) in [4.78, 5) is 23.3. The third-order valence-electron chi connectivity index (χ3n) is 2.92. The first-order valence-electron chi connectivity index (χ1n) is 6.46. The van der Waals surface area contributed by atoms with Gasteiger partial charge in [-0.05, 0) is 40.0 Å². The molecular formula is C12H20F3N2O3+. The number of alkyl halides is 3. The molecule has 0 aromatic carbocycles. The van der Waals surface area contributed by atoms with Crippen LogP contribution in [0, 0.1) is 0 Å². The quantitative estimate of drug-likeness (QED) is 0.699. The van der Waals surface area contributed by atoms with Crippen molar-refractivity contribution in [3.05, 3.63) is 0 Å². The summed E-state index contributed by atoms with van der Waals surface area (Å²) < 4.78 is 42.0. The Labute approximate surface area is 115 Å². The van der Waals surface area contributed by atoms with Crippen LogP contribution in [0.4, 0.5) is 18.0 Å². The number of rotatable bonds is 0. The van der Waals surface area contributed by atoms with Gasteiger partial charge in [-0.2, -0.15) is 18.6 Å². The van der Waals surface area contributed by atoms with E-state index in [-0.39, 0.29) is 13.1 Å². The molecule has 2 amide bonds. The number of hydrogen-bond donors (Lipinski definition) is 1. The lowest BCUT2D eigenvalue weighted by Gasteiger charge is -2.37. The van der Waals surface area contributed by atoms with Gasteiger partial charge in [-0.25, -0.2) is 9.59 Å². The second-order valence-corrected chi connectivity index (χ2v) is 5.89. The van der Waals surface area contributed by atoms with E-state index in [2.05, 4.69) is 5.43 Å². The molecule has 0 bridgehead atoms. The van der Waals surface area contributed by atoms with Crippen LogP contribution in [-0.2, 0) is 9.53 Å². The summed E-state index contributed by atoms with van der Waals surface area (Å²) >= 11 is 0. The monoisotopic (exact) mass is 297 g/mol. The molecule has 0 unspecified atom stereocenters. The summed E-state index contributed by atoms with van der Waals surface area (Å²) in [5, 5.41) is 0. The predicted molar refractivity (Wildman–Crippen MR) is 64.3 cm³/mol. The van der Waals surface area contributed by atoms with Crippen LogP contribution in [0.5, 0.6) is 0 Å². The van der Waals surface area contributed by atoms with Crippen molar-refractivity contribution in [1.29, 1.82) is 0 Å². The Balaban J connectivity index is 2.90. The molecule has 5 nitrogen and oxygen atoms in total. The molecule has 0 atom stereocenters. The number of nitrogens with one attached hydrogen (secondary N) is 1. The van der Waals surface area contributed by atoms with Crippen LogP contribution in [-0.4, -0.2) is 41.5 Å². The van der Waals surface area contributed by atoms with E-state index in [0.717, 1.165) is 6.42 Å². The largest absolute Gasteiger partial charge is 0.512 e. The van der Waals surface area contributed by atoms with Gasteiger partial charge in [0.15, 0.2) is 0 Å². The third kappa shape index (κ3) is 4.36. The number of likely N-dealkylation sites (tertiary alicyclic amines) is 1. The lowest BCUT2D eigenvalue weighted by molar-refractivity contribution is -0.899. The molecule has 1 aliphatic rings. The zero-order valence-electron chi connectivity index (χ0n) is 11.8. The number of ether oxygens (including phenoxy) is 1. The molecule has 8 heteroatoms. The van der Waals surface area contributed by atoms with Gasteiger partial charge in [0, 0.05) is 0 Å². The minimum atomic E-state index is -4.99. The molecule has 1 aliphatic heterocycles. The number of nitrogens with zero attached hydrogens (tertiary/aromatic N) is 1. The zero-order valence-corrected chi connectivity index (χ0v) is 11.8. The minimum absolute atomic E-state index is 0.0718. The lowest BCUT2D eigenvalue weighted by Crippen LogP contribution is -2.69.